The molecule has 1 aliphatic heterocycles. The standard InChI is InChI=1S/C27H30N2O4/c1-32-23-8-5-19(6-9-23)7-10-26(30)29-13-11-28(12-14-29)18-22-17-27(31)33-25-16-21-4-2-3-20(21)15-24(22)25/h5-6,8-9,15-17H,2-4,7,10-14,18H2,1H3. The number of nitrogens with zero attached hydrogens (tertiary/aromatic N) is 2. The number of ether oxygens (including phenoxy) is 1. The highest BCUT2D eigenvalue weighted by atomic mass is 16.5. The molecule has 1 amide bonds. The topological polar surface area (TPSA) is 63.0 Å². The second-order valence-electron chi connectivity index (χ2n) is 9.07. The van der Waals surface area contributed by atoms with Gasteiger partial charge in [0.15, 0.2) is 0 Å². The van der Waals surface area contributed by atoms with Gasteiger partial charge in [0, 0.05) is 50.6 Å². The van der Waals surface area contributed by atoms with E-state index in [2.05, 4.69) is 17.0 Å². The smallest absolute Gasteiger partial charge is 0.336 e. The highest BCUT2D eigenvalue weighted by molar-refractivity contribution is 5.82. The molecule has 5 rings (SSSR count). The number of amides is 1. The fourth-order valence-electron chi connectivity index (χ4n) is 5.02. The molecule has 0 spiro atoms. The molecule has 2 aromatic carbocycles. The van der Waals surface area contributed by atoms with Gasteiger partial charge in [-0.25, -0.2) is 4.79 Å². The van der Waals surface area contributed by atoms with Crippen molar-refractivity contribution >= 4 is 16.9 Å². The van der Waals surface area contributed by atoms with E-state index in [0.29, 0.717) is 18.5 Å². The van der Waals surface area contributed by atoms with Crippen LogP contribution in [0.4, 0.5) is 0 Å². The zero-order valence-corrected chi connectivity index (χ0v) is 19.1. The fraction of sp³-hybridized carbons (Fsp3) is 0.407. The predicted molar refractivity (Wildman–Crippen MR) is 128 cm³/mol. The van der Waals surface area contributed by atoms with Gasteiger partial charge in [0.2, 0.25) is 5.91 Å². The summed E-state index contributed by atoms with van der Waals surface area (Å²) in [5.41, 5.74) is 5.27. The maximum atomic E-state index is 12.7. The van der Waals surface area contributed by atoms with E-state index in [1.165, 1.54) is 17.5 Å². The van der Waals surface area contributed by atoms with Gasteiger partial charge in [-0.05, 0) is 72.2 Å². The fourth-order valence-corrected chi connectivity index (χ4v) is 5.02. The molecule has 1 saturated heterocycles. The summed E-state index contributed by atoms with van der Waals surface area (Å²) in [7, 11) is 1.65. The number of aryl methyl sites for hydroxylation is 3. The lowest BCUT2D eigenvalue weighted by atomic mass is 10.0. The Hall–Kier alpha value is -3.12. The van der Waals surface area contributed by atoms with Gasteiger partial charge in [-0.2, -0.15) is 0 Å². The number of fused-ring (bicyclic) bond motifs is 2. The van der Waals surface area contributed by atoms with Gasteiger partial charge in [-0.3, -0.25) is 9.69 Å². The van der Waals surface area contributed by atoms with Crippen molar-refractivity contribution in [2.45, 2.75) is 38.6 Å². The number of hydrogen-bond acceptors (Lipinski definition) is 5. The summed E-state index contributed by atoms with van der Waals surface area (Å²) in [6.45, 7) is 3.75. The first-order valence-corrected chi connectivity index (χ1v) is 11.8. The largest absolute Gasteiger partial charge is 0.497 e. The van der Waals surface area contributed by atoms with E-state index < -0.39 is 0 Å². The zero-order chi connectivity index (χ0) is 22.8. The maximum absolute atomic E-state index is 12.7. The van der Waals surface area contributed by atoms with Crippen LogP contribution in [0.5, 0.6) is 5.75 Å². The molecule has 1 fully saturated rings. The molecule has 33 heavy (non-hydrogen) atoms. The second kappa shape index (κ2) is 9.40. The van der Waals surface area contributed by atoms with Crippen LogP contribution in [-0.2, 0) is 30.6 Å². The van der Waals surface area contributed by atoms with Crippen molar-refractivity contribution in [1.29, 1.82) is 0 Å². The Morgan fingerprint density at radius 1 is 1.00 bits per heavy atom. The van der Waals surface area contributed by atoms with Crippen molar-refractivity contribution in [3.8, 4) is 5.75 Å². The first-order chi connectivity index (χ1) is 16.1. The van der Waals surface area contributed by atoms with Crippen molar-refractivity contribution in [2.24, 2.45) is 0 Å². The molecule has 2 aliphatic rings. The Bertz CT molecular complexity index is 1210. The van der Waals surface area contributed by atoms with Crippen LogP contribution in [0.25, 0.3) is 11.0 Å². The maximum Gasteiger partial charge on any atom is 0.336 e. The molecule has 0 unspecified atom stereocenters. The lowest BCUT2D eigenvalue weighted by Crippen LogP contribution is -2.48. The Balaban J connectivity index is 1.19. The van der Waals surface area contributed by atoms with Crippen molar-refractivity contribution in [3.63, 3.8) is 0 Å². The minimum absolute atomic E-state index is 0.201. The van der Waals surface area contributed by atoms with Crippen LogP contribution in [0, 0.1) is 0 Å². The van der Waals surface area contributed by atoms with Gasteiger partial charge < -0.3 is 14.1 Å². The van der Waals surface area contributed by atoms with Crippen LogP contribution in [0.2, 0.25) is 0 Å². The summed E-state index contributed by atoms with van der Waals surface area (Å²) in [6.07, 6.45) is 4.58. The molecule has 2 heterocycles. The van der Waals surface area contributed by atoms with Gasteiger partial charge in [0.05, 0.1) is 7.11 Å². The van der Waals surface area contributed by atoms with Crippen LogP contribution in [-0.4, -0.2) is 49.0 Å². The summed E-state index contributed by atoms with van der Waals surface area (Å²) >= 11 is 0. The molecule has 0 atom stereocenters. The molecule has 172 valence electrons. The summed E-state index contributed by atoms with van der Waals surface area (Å²) in [5.74, 6) is 1.03. The van der Waals surface area contributed by atoms with Crippen molar-refractivity contribution in [1.82, 2.24) is 9.80 Å². The molecule has 6 nitrogen and oxygen atoms in total. The molecule has 0 N–H and O–H groups in total. The van der Waals surface area contributed by atoms with Crippen molar-refractivity contribution in [2.75, 3.05) is 33.3 Å². The van der Waals surface area contributed by atoms with Crippen molar-refractivity contribution in [3.05, 3.63) is 75.1 Å². The van der Waals surface area contributed by atoms with Crippen LogP contribution < -0.4 is 10.4 Å². The average molecular weight is 447 g/mol. The Labute approximate surface area is 193 Å². The number of carbonyl (C=O) groups excluding carboxylic acids is 1. The van der Waals surface area contributed by atoms with Gasteiger partial charge in [0.25, 0.3) is 0 Å². The van der Waals surface area contributed by atoms with E-state index in [1.54, 1.807) is 13.2 Å². The number of hydrogen-bond donors (Lipinski definition) is 0. The van der Waals surface area contributed by atoms with Crippen LogP contribution in [0.3, 0.4) is 0 Å². The third-order valence-electron chi connectivity index (χ3n) is 6.95. The van der Waals surface area contributed by atoms with Crippen LogP contribution in [0.1, 0.15) is 35.1 Å². The van der Waals surface area contributed by atoms with Crippen LogP contribution >= 0.6 is 0 Å². The molecule has 6 heteroatoms. The predicted octanol–water partition coefficient (Wildman–Crippen LogP) is 3.57. The Morgan fingerprint density at radius 2 is 1.73 bits per heavy atom. The minimum atomic E-state index is -0.289. The van der Waals surface area contributed by atoms with Gasteiger partial charge in [0.1, 0.15) is 11.3 Å². The third kappa shape index (κ3) is 4.81. The molecule has 0 bridgehead atoms. The quantitative estimate of drug-likeness (QED) is 0.542. The average Bonchev–Trinajstić information content (AvgIpc) is 3.29. The normalized spacial score (nSPS) is 16.2. The SMILES string of the molecule is COc1ccc(CCC(=O)N2CCN(Cc3cc(=O)oc4cc5c(cc34)CCC5)CC2)cc1. The lowest BCUT2D eigenvalue weighted by molar-refractivity contribution is -0.133. The first kappa shape index (κ1) is 21.7. The van der Waals surface area contributed by atoms with Crippen molar-refractivity contribution < 1.29 is 13.9 Å². The monoisotopic (exact) mass is 446 g/mol. The molecular weight excluding hydrogens is 416 g/mol. The molecule has 0 saturated carbocycles. The number of piperazine rings is 1. The van der Waals surface area contributed by atoms with E-state index in [1.807, 2.05) is 29.2 Å². The first-order valence-electron chi connectivity index (χ1n) is 11.8. The molecule has 0 radical (unpaired) electrons. The van der Waals surface area contributed by atoms with E-state index in [0.717, 1.165) is 67.7 Å². The number of carbonyl (C=O) groups is 1. The highest BCUT2D eigenvalue weighted by Crippen LogP contribution is 2.29. The second-order valence-corrected chi connectivity index (χ2v) is 9.07. The summed E-state index contributed by atoms with van der Waals surface area (Å²) in [6, 6.07) is 13.8. The zero-order valence-electron chi connectivity index (χ0n) is 19.1. The van der Waals surface area contributed by atoms with E-state index in [9.17, 15) is 9.59 Å². The Kier molecular flexibility index (Phi) is 6.18. The van der Waals surface area contributed by atoms with E-state index in [4.69, 9.17) is 9.15 Å². The molecule has 1 aliphatic carbocycles. The van der Waals surface area contributed by atoms with E-state index in [-0.39, 0.29) is 11.5 Å². The molecule has 1 aromatic heterocycles. The summed E-state index contributed by atoms with van der Waals surface area (Å²) in [5, 5.41) is 1.05. The summed E-state index contributed by atoms with van der Waals surface area (Å²) < 4.78 is 10.7. The molecule has 3 aromatic rings. The third-order valence-corrected chi connectivity index (χ3v) is 6.95. The van der Waals surface area contributed by atoms with Gasteiger partial charge in [-0.1, -0.05) is 12.1 Å². The van der Waals surface area contributed by atoms with E-state index >= 15 is 0 Å². The number of rotatable bonds is 6. The van der Waals surface area contributed by atoms with Crippen LogP contribution in [0.15, 0.2) is 51.7 Å². The minimum Gasteiger partial charge on any atom is -0.497 e. The van der Waals surface area contributed by atoms with Gasteiger partial charge >= 0.3 is 5.63 Å². The number of methoxy groups -OCH3 is 1. The Morgan fingerprint density at radius 3 is 2.45 bits per heavy atom. The summed E-state index contributed by atoms with van der Waals surface area (Å²) in [4.78, 5) is 29.2. The number of benzene rings is 2. The molecular formula is C27H30N2O4. The lowest BCUT2D eigenvalue weighted by Gasteiger charge is -2.35. The highest BCUT2D eigenvalue weighted by Gasteiger charge is 2.22. The van der Waals surface area contributed by atoms with Gasteiger partial charge in [-0.15, -0.1) is 0 Å².